The Morgan fingerprint density at radius 1 is 0.938 bits per heavy atom. The number of hydrogen-bond acceptors (Lipinski definition) is 4. The highest BCUT2D eigenvalue weighted by Gasteiger charge is 2.26. The minimum atomic E-state index is 0.0630. The van der Waals surface area contributed by atoms with Crippen LogP contribution in [0.4, 0.5) is 0 Å². The van der Waals surface area contributed by atoms with E-state index in [9.17, 15) is 9.59 Å². The molecular formula is C26H32N2O4. The first-order valence-electron chi connectivity index (χ1n) is 11.5. The van der Waals surface area contributed by atoms with E-state index in [0.29, 0.717) is 24.5 Å². The Morgan fingerprint density at radius 3 is 2.47 bits per heavy atom. The minimum Gasteiger partial charge on any atom is -0.497 e. The fourth-order valence-corrected chi connectivity index (χ4v) is 4.59. The number of ether oxygens (including phenoxy) is 2. The smallest absolute Gasteiger partial charge is 0.254 e. The lowest BCUT2D eigenvalue weighted by Crippen LogP contribution is -2.41. The third kappa shape index (κ3) is 5.06. The van der Waals surface area contributed by atoms with Crippen molar-refractivity contribution in [1.82, 2.24) is 9.80 Å². The Bertz CT molecular complexity index is 968. The Kier molecular flexibility index (Phi) is 6.98. The molecule has 0 spiro atoms. The van der Waals surface area contributed by atoms with E-state index in [4.69, 9.17) is 9.47 Å². The average molecular weight is 437 g/mol. The van der Waals surface area contributed by atoms with Gasteiger partial charge >= 0.3 is 0 Å². The summed E-state index contributed by atoms with van der Waals surface area (Å²) in [7, 11) is 1.63. The Morgan fingerprint density at radius 2 is 1.72 bits per heavy atom. The largest absolute Gasteiger partial charge is 0.497 e. The highest BCUT2D eigenvalue weighted by atomic mass is 16.5. The summed E-state index contributed by atoms with van der Waals surface area (Å²) in [5, 5.41) is 0. The van der Waals surface area contributed by atoms with Gasteiger partial charge in [-0.3, -0.25) is 9.59 Å². The first kappa shape index (κ1) is 22.2. The normalized spacial score (nSPS) is 18.5. The van der Waals surface area contributed by atoms with Crippen molar-refractivity contribution in [3.05, 3.63) is 59.2 Å². The van der Waals surface area contributed by atoms with E-state index in [0.717, 1.165) is 62.2 Å². The van der Waals surface area contributed by atoms with Gasteiger partial charge in [-0.1, -0.05) is 6.07 Å². The molecule has 2 amide bonds. The van der Waals surface area contributed by atoms with Crippen LogP contribution in [0.2, 0.25) is 0 Å². The third-order valence-corrected chi connectivity index (χ3v) is 6.43. The molecule has 0 N–H and O–H groups in total. The number of benzene rings is 2. The summed E-state index contributed by atoms with van der Waals surface area (Å²) in [5.74, 6) is 1.88. The first-order valence-corrected chi connectivity index (χ1v) is 11.5. The van der Waals surface area contributed by atoms with E-state index < -0.39 is 0 Å². The quantitative estimate of drug-likeness (QED) is 0.682. The third-order valence-electron chi connectivity index (χ3n) is 6.43. The molecule has 4 rings (SSSR count). The topological polar surface area (TPSA) is 59.1 Å². The van der Waals surface area contributed by atoms with Crippen molar-refractivity contribution in [3.8, 4) is 11.5 Å². The lowest BCUT2D eigenvalue weighted by molar-refractivity contribution is 0.0631. The van der Waals surface area contributed by atoms with Crippen molar-refractivity contribution in [2.75, 3.05) is 39.9 Å². The molecule has 0 bridgehead atoms. The van der Waals surface area contributed by atoms with Crippen molar-refractivity contribution < 1.29 is 19.1 Å². The summed E-state index contributed by atoms with van der Waals surface area (Å²) in [5.41, 5.74) is 2.33. The first-order chi connectivity index (χ1) is 15.5. The van der Waals surface area contributed by atoms with Crippen LogP contribution in [0.15, 0.2) is 42.5 Å². The van der Waals surface area contributed by atoms with Crippen LogP contribution in [0.5, 0.6) is 11.5 Å². The second-order valence-electron chi connectivity index (χ2n) is 8.78. The van der Waals surface area contributed by atoms with Crippen LogP contribution in [-0.2, 0) is 0 Å². The molecular weight excluding hydrogens is 404 g/mol. The molecule has 0 unspecified atom stereocenters. The molecule has 32 heavy (non-hydrogen) atoms. The summed E-state index contributed by atoms with van der Waals surface area (Å²) in [6.07, 6.45) is 4.14. The molecule has 2 aromatic carbocycles. The van der Waals surface area contributed by atoms with Crippen LogP contribution < -0.4 is 9.47 Å². The van der Waals surface area contributed by atoms with Gasteiger partial charge in [0.15, 0.2) is 0 Å². The van der Waals surface area contributed by atoms with Gasteiger partial charge in [-0.15, -0.1) is 0 Å². The highest BCUT2D eigenvalue weighted by molar-refractivity contribution is 5.96. The number of carbonyl (C=O) groups is 2. The van der Waals surface area contributed by atoms with Crippen LogP contribution in [0.25, 0.3) is 0 Å². The van der Waals surface area contributed by atoms with Crippen LogP contribution >= 0.6 is 0 Å². The molecule has 6 heteroatoms. The number of carbonyl (C=O) groups excluding carboxylic acids is 2. The maximum atomic E-state index is 13.1. The van der Waals surface area contributed by atoms with Crippen molar-refractivity contribution >= 4 is 11.8 Å². The second kappa shape index (κ2) is 10.1. The predicted octanol–water partition coefficient (Wildman–Crippen LogP) is 4.17. The fraction of sp³-hybridized carbons (Fsp3) is 0.462. The highest BCUT2D eigenvalue weighted by Crippen LogP contribution is 2.24. The van der Waals surface area contributed by atoms with Crippen molar-refractivity contribution in [2.24, 2.45) is 5.92 Å². The van der Waals surface area contributed by atoms with Gasteiger partial charge in [-0.05, 0) is 74.6 Å². The molecule has 1 atom stereocenters. The maximum Gasteiger partial charge on any atom is 0.254 e. The molecule has 2 heterocycles. The molecule has 2 aliphatic heterocycles. The minimum absolute atomic E-state index is 0.0630. The summed E-state index contributed by atoms with van der Waals surface area (Å²) < 4.78 is 11.3. The van der Waals surface area contributed by atoms with E-state index in [1.807, 2.05) is 59.2 Å². The molecule has 2 fully saturated rings. The summed E-state index contributed by atoms with van der Waals surface area (Å²) in [4.78, 5) is 29.6. The van der Waals surface area contributed by atoms with Crippen LogP contribution in [-0.4, -0.2) is 61.5 Å². The summed E-state index contributed by atoms with van der Waals surface area (Å²) >= 11 is 0. The maximum absolute atomic E-state index is 13.1. The van der Waals surface area contributed by atoms with Crippen molar-refractivity contribution in [3.63, 3.8) is 0 Å². The van der Waals surface area contributed by atoms with E-state index in [1.54, 1.807) is 7.11 Å². The molecule has 0 saturated carbocycles. The fourth-order valence-electron chi connectivity index (χ4n) is 4.59. The zero-order chi connectivity index (χ0) is 22.5. The molecule has 2 aliphatic rings. The number of hydrogen-bond donors (Lipinski definition) is 0. The van der Waals surface area contributed by atoms with Gasteiger partial charge in [0.05, 0.1) is 13.7 Å². The summed E-state index contributed by atoms with van der Waals surface area (Å²) in [6, 6.07) is 13.0. The standard InChI is InChI=1S/C26H32N2O4/c1-19-15-22(31-2)10-11-24(19)26(30)28-14-6-7-20(17-28)18-32-23-9-5-8-21(16-23)25(29)27-12-3-4-13-27/h5,8-11,15-16,20H,3-4,6-7,12-14,17-18H2,1-2H3/t20-/m1/s1. The number of likely N-dealkylation sites (tertiary alicyclic amines) is 2. The number of methoxy groups -OCH3 is 1. The Hall–Kier alpha value is -3.02. The number of nitrogens with zero attached hydrogens (tertiary/aromatic N) is 2. The van der Waals surface area contributed by atoms with Gasteiger partial charge in [0, 0.05) is 43.2 Å². The molecule has 6 nitrogen and oxygen atoms in total. The van der Waals surface area contributed by atoms with Crippen LogP contribution in [0.1, 0.15) is 52.0 Å². The number of amides is 2. The van der Waals surface area contributed by atoms with Crippen LogP contribution in [0.3, 0.4) is 0 Å². The second-order valence-corrected chi connectivity index (χ2v) is 8.78. The molecule has 2 aromatic rings. The number of rotatable bonds is 6. The molecule has 0 radical (unpaired) electrons. The molecule has 0 aromatic heterocycles. The molecule has 0 aliphatic carbocycles. The number of aryl methyl sites for hydroxylation is 1. The van der Waals surface area contributed by atoms with Gasteiger partial charge < -0.3 is 19.3 Å². The van der Waals surface area contributed by atoms with Gasteiger partial charge in [0.25, 0.3) is 11.8 Å². The lowest BCUT2D eigenvalue weighted by Gasteiger charge is -2.33. The average Bonchev–Trinajstić information content (AvgIpc) is 3.37. The zero-order valence-electron chi connectivity index (χ0n) is 19.0. The predicted molar refractivity (Wildman–Crippen MR) is 123 cm³/mol. The Labute approximate surface area is 190 Å². The molecule has 170 valence electrons. The lowest BCUT2D eigenvalue weighted by atomic mass is 9.97. The monoisotopic (exact) mass is 436 g/mol. The van der Waals surface area contributed by atoms with E-state index in [-0.39, 0.29) is 17.7 Å². The van der Waals surface area contributed by atoms with Crippen LogP contribution in [0, 0.1) is 12.8 Å². The molecule has 2 saturated heterocycles. The van der Waals surface area contributed by atoms with E-state index >= 15 is 0 Å². The van der Waals surface area contributed by atoms with Gasteiger partial charge in [0.1, 0.15) is 11.5 Å². The van der Waals surface area contributed by atoms with Crippen molar-refractivity contribution in [2.45, 2.75) is 32.6 Å². The van der Waals surface area contributed by atoms with E-state index in [1.165, 1.54) is 0 Å². The van der Waals surface area contributed by atoms with Gasteiger partial charge in [-0.25, -0.2) is 0 Å². The SMILES string of the molecule is COc1ccc(C(=O)N2CCC[C@@H](COc3cccc(C(=O)N4CCCC4)c3)C2)c(C)c1. The van der Waals surface area contributed by atoms with Gasteiger partial charge in [-0.2, -0.15) is 0 Å². The van der Waals surface area contributed by atoms with E-state index in [2.05, 4.69) is 0 Å². The summed E-state index contributed by atoms with van der Waals surface area (Å²) in [6.45, 7) is 5.59. The van der Waals surface area contributed by atoms with Crippen molar-refractivity contribution in [1.29, 1.82) is 0 Å². The van der Waals surface area contributed by atoms with Gasteiger partial charge in [0.2, 0.25) is 0 Å². The zero-order valence-corrected chi connectivity index (χ0v) is 19.0. The Balaban J connectivity index is 1.35. The number of piperidine rings is 1.